The van der Waals surface area contributed by atoms with Crippen molar-refractivity contribution in [3.05, 3.63) is 28.2 Å². The third-order valence-corrected chi connectivity index (χ3v) is 4.44. The Balaban J connectivity index is 2.19. The number of hydrogen-bond acceptors (Lipinski definition) is 3. The molecule has 2 N–H and O–H groups in total. The van der Waals surface area contributed by atoms with Crippen LogP contribution in [0.1, 0.15) is 45.6 Å². The van der Waals surface area contributed by atoms with Gasteiger partial charge in [0, 0.05) is 19.5 Å². The fourth-order valence-corrected chi connectivity index (χ4v) is 2.70. The minimum atomic E-state index is -4.88. The van der Waals surface area contributed by atoms with E-state index in [1.165, 1.54) is 5.56 Å². The zero-order valence-electron chi connectivity index (χ0n) is 16.2. The number of hydrogen-bond donors (Lipinski definition) is 2. The van der Waals surface area contributed by atoms with Crippen molar-refractivity contribution in [1.82, 2.24) is 10.6 Å². The summed E-state index contributed by atoms with van der Waals surface area (Å²) in [4.78, 5) is 22.3. The van der Waals surface area contributed by atoms with Gasteiger partial charge in [-0.05, 0) is 51.9 Å². The van der Waals surface area contributed by atoms with Crippen molar-refractivity contribution < 1.29 is 27.5 Å². The van der Waals surface area contributed by atoms with Gasteiger partial charge < -0.3 is 15.4 Å². The lowest BCUT2D eigenvalue weighted by molar-refractivity contribution is -0.173. The number of alkyl halides is 3. The minimum absolute atomic E-state index is 0.0364. The molecule has 1 aromatic carbocycles. The second-order valence-electron chi connectivity index (χ2n) is 7.30. The summed E-state index contributed by atoms with van der Waals surface area (Å²) in [5.41, 5.74) is 1.21. The van der Waals surface area contributed by atoms with Crippen LogP contribution in [-0.2, 0) is 15.0 Å². The highest BCUT2D eigenvalue weighted by molar-refractivity contribution is 9.10. The van der Waals surface area contributed by atoms with E-state index in [1.807, 2.05) is 18.2 Å². The van der Waals surface area contributed by atoms with E-state index in [2.05, 4.69) is 42.0 Å². The van der Waals surface area contributed by atoms with E-state index < -0.39 is 12.1 Å². The maximum atomic E-state index is 12.0. The number of nitrogens with one attached hydrogen (secondary N) is 2. The highest BCUT2D eigenvalue weighted by Gasteiger charge is 2.38. The molecule has 2 amide bonds. The molecule has 28 heavy (non-hydrogen) atoms. The van der Waals surface area contributed by atoms with Crippen LogP contribution in [0.5, 0.6) is 5.75 Å². The second kappa shape index (κ2) is 10.7. The first kappa shape index (κ1) is 24.3. The number of benzene rings is 1. The normalized spacial score (nSPS) is 11.8. The van der Waals surface area contributed by atoms with Crippen molar-refractivity contribution >= 4 is 27.7 Å². The molecule has 1 rings (SSSR count). The highest BCUT2D eigenvalue weighted by Crippen LogP contribution is 2.31. The van der Waals surface area contributed by atoms with E-state index in [1.54, 1.807) is 5.32 Å². The highest BCUT2D eigenvalue weighted by atomic mass is 79.9. The first-order valence-electron chi connectivity index (χ1n) is 8.96. The Kier molecular flexibility index (Phi) is 9.26. The van der Waals surface area contributed by atoms with Gasteiger partial charge in [0.2, 0.25) is 5.91 Å². The van der Waals surface area contributed by atoms with E-state index in [0.717, 1.165) is 4.47 Å². The van der Waals surface area contributed by atoms with Crippen LogP contribution in [0.4, 0.5) is 13.2 Å². The molecule has 0 saturated carbocycles. The Morgan fingerprint density at radius 3 is 2.29 bits per heavy atom. The zero-order chi connectivity index (χ0) is 21.4. The number of rotatable bonds is 9. The van der Waals surface area contributed by atoms with E-state index >= 15 is 0 Å². The lowest BCUT2D eigenvalue weighted by Gasteiger charge is -2.20. The smallest absolute Gasteiger partial charge is 0.471 e. The average molecular weight is 467 g/mol. The van der Waals surface area contributed by atoms with Crippen molar-refractivity contribution in [2.45, 2.75) is 51.6 Å². The number of amides is 2. The average Bonchev–Trinajstić information content (AvgIpc) is 2.57. The summed E-state index contributed by atoms with van der Waals surface area (Å²) < 4.78 is 42.5. The molecule has 0 aromatic heterocycles. The largest absolute Gasteiger partial charge is 0.492 e. The lowest BCUT2D eigenvalue weighted by atomic mass is 9.87. The number of ether oxygens (including phenoxy) is 1. The van der Waals surface area contributed by atoms with Gasteiger partial charge in [0.25, 0.3) is 0 Å². The van der Waals surface area contributed by atoms with E-state index in [9.17, 15) is 22.8 Å². The van der Waals surface area contributed by atoms with Gasteiger partial charge in [-0.1, -0.05) is 26.8 Å². The molecule has 0 radical (unpaired) electrons. The number of carbonyl (C=O) groups excluding carboxylic acids is 2. The van der Waals surface area contributed by atoms with Gasteiger partial charge in [0.15, 0.2) is 0 Å². The van der Waals surface area contributed by atoms with Crippen molar-refractivity contribution in [3.63, 3.8) is 0 Å². The van der Waals surface area contributed by atoms with Crippen LogP contribution in [0.3, 0.4) is 0 Å². The summed E-state index contributed by atoms with van der Waals surface area (Å²) in [7, 11) is 0. The monoisotopic (exact) mass is 466 g/mol. The first-order valence-corrected chi connectivity index (χ1v) is 9.75. The van der Waals surface area contributed by atoms with Gasteiger partial charge in [-0.15, -0.1) is 0 Å². The van der Waals surface area contributed by atoms with E-state index in [-0.39, 0.29) is 37.3 Å². The summed E-state index contributed by atoms with van der Waals surface area (Å²) in [6, 6.07) is 5.91. The molecule has 0 fully saturated rings. The standard InChI is InChI=1S/C19H26BrF3N2O3/c1-18(2,3)13-7-8-15(14(20)12-13)28-11-4-6-16(26)24-9-5-10-25-17(27)19(21,22)23/h7-8,12H,4-6,9-11H2,1-3H3,(H,24,26)(H,25,27). The van der Waals surface area contributed by atoms with Crippen molar-refractivity contribution in [3.8, 4) is 5.75 Å². The van der Waals surface area contributed by atoms with Crippen molar-refractivity contribution in [2.24, 2.45) is 0 Å². The summed E-state index contributed by atoms with van der Waals surface area (Å²) in [5, 5.41) is 4.34. The predicted octanol–water partition coefficient (Wildman–Crippen LogP) is 4.09. The second-order valence-corrected chi connectivity index (χ2v) is 8.16. The van der Waals surface area contributed by atoms with Crippen LogP contribution < -0.4 is 15.4 Å². The van der Waals surface area contributed by atoms with E-state index in [4.69, 9.17) is 4.74 Å². The molecular weight excluding hydrogens is 441 g/mol. The maximum absolute atomic E-state index is 12.0. The molecule has 0 spiro atoms. The molecular formula is C19H26BrF3N2O3. The van der Waals surface area contributed by atoms with Crippen molar-refractivity contribution in [2.75, 3.05) is 19.7 Å². The summed E-state index contributed by atoms with van der Waals surface area (Å²) in [5.74, 6) is -1.49. The molecule has 1 aromatic rings. The Hall–Kier alpha value is -1.77. The SMILES string of the molecule is CC(C)(C)c1ccc(OCCCC(=O)NCCCNC(=O)C(F)(F)F)c(Br)c1. The lowest BCUT2D eigenvalue weighted by Crippen LogP contribution is -2.38. The third kappa shape index (κ3) is 8.95. The van der Waals surface area contributed by atoms with Crippen LogP contribution in [0.15, 0.2) is 22.7 Å². The molecule has 5 nitrogen and oxygen atoms in total. The topological polar surface area (TPSA) is 67.4 Å². The van der Waals surface area contributed by atoms with Gasteiger partial charge in [0.05, 0.1) is 11.1 Å². The maximum Gasteiger partial charge on any atom is 0.471 e. The molecule has 0 aliphatic rings. The number of halogens is 4. The van der Waals surface area contributed by atoms with Crippen LogP contribution in [0.25, 0.3) is 0 Å². The van der Waals surface area contributed by atoms with Gasteiger partial charge in [0.1, 0.15) is 5.75 Å². The van der Waals surface area contributed by atoms with E-state index in [0.29, 0.717) is 18.8 Å². The molecule has 0 bridgehead atoms. The summed E-state index contributed by atoms with van der Waals surface area (Å²) in [6.45, 7) is 6.77. The molecule has 0 aliphatic carbocycles. The summed E-state index contributed by atoms with van der Waals surface area (Å²) in [6.07, 6.45) is -3.92. The summed E-state index contributed by atoms with van der Waals surface area (Å²) >= 11 is 3.49. The fourth-order valence-electron chi connectivity index (χ4n) is 2.21. The van der Waals surface area contributed by atoms with Crippen molar-refractivity contribution in [1.29, 1.82) is 0 Å². The van der Waals surface area contributed by atoms with Crippen LogP contribution in [0.2, 0.25) is 0 Å². The predicted molar refractivity (Wildman–Crippen MR) is 104 cm³/mol. The Morgan fingerprint density at radius 1 is 1.07 bits per heavy atom. The minimum Gasteiger partial charge on any atom is -0.492 e. The quantitative estimate of drug-likeness (QED) is 0.538. The van der Waals surface area contributed by atoms with Crippen LogP contribution in [0, 0.1) is 0 Å². The van der Waals surface area contributed by atoms with Gasteiger partial charge in [-0.2, -0.15) is 13.2 Å². The molecule has 0 unspecified atom stereocenters. The van der Waals surface area contributed by atoms with Crippen LogP contribution >= 0.6 is 15.9 Å². The van der Waals surface area contributed by atoms with Crippen LogP contribution in [-0.4, -0.2) is 37.7 Å². The van der Waals surface area contributed by atoms with Gasteiger partial charge >= 0.3 is 12.1 Å². The number of carbonyl (C=O) groups is 2. The molecule has 0 saturated heterocycles. The molecule has 158 valence electrons. The fraction of sp³-hybridized carbons (Fsp3) is 0.579. The Morgan fingerprint density at radius 2 is 1.71 bits per heavy atom. The molecule has 9 heteroatoms. The van der Waals surface area contributed by atoms with Gasteiger partial charge in [-0.25, -0.2) is 0 Å². The zero-order valence-corrected chi connectivity index (χ0v) is 17.8. The molecule has 0 heterocycles. The van der Waals surface area contributed by atoms with Gasteiger partial charge in [-0.3, -0.25) is 9.59 Å². The molecule has 0 aliphatic heterocycles. The molecule has 0 atom stereocenters. The Labute approximate surface area is 171 Å². The Bertz CT molecular complexity index is 673. The first-order chi connectivity index (χ1) is 12.9. The third-order valence-electron chi connectivity index (χ3n) is 3.82.